The largest absolute Gasteiger partial charge is 0.484 e. The third-order valence-corrected chi connectivity index (χ3v) is 2.47. The first-order valence-corrected chi connectivity index (χ1v) is 6.16. The second kappa shape index (κ2) is 8.16. The van der Waals surface area contributed by atoms with Crippen molar-refractivity contribution in [1.82, 2.24) is 5.32 Å². The molecule has 0 fully saturated rings. The van der Waals surface area contributed by atoms with Crippen LogP contribution in [0.5, 0.6) is 5.75 Å². The monoisotopic (exact) mass is 281 g/mol. The first-order valence-electron chi connectivity index (χ1n) is 6.16. The van der Waals surface area contributed by atoms with Crippen molar-refractivity contribution in [2.75, 3.05) is 27.4 Å². The van der Waals surface area contributed by atoms with Crippen LogP contribution in [0.1, 0.15) is 17.3 Å². The Hall–Kier alpha value is -2.08. The van der Waals surface area contributed by atoms with Gasteiger partial charge in [-0.3, -0.25) is 4.79 Å². The van der Waals surface area contributed by atoms with Crippen molar-refractivity contribution in [2.45, 2.75) is 13.0 Å². The summed E-state index contributed by atoms with van der Waals surface area (Å²) in [6.07, 6.45) is 0. The SMILES string of the molecule is COC[C@H](C)NC(=O)COc1ccc(C(=O)OC)cc1. The predicted molar refractivity (Wildman–Crippen MR) is 72.8 cm³/mol. The third kappa shape index (κ3) is 5.27. The number of esters is 1. The quantitative estimate of drug-likeness (QED) is 0.755. The first-order chi connectivity index (χ1) is 9.56. The molecule has 0 aromatic heterocycles. The highest BCUT2D eigenvalue weighted by molar-refractivity contribution is 5.89. The Bertz CT molecular complexity index is 443. The molecule has 1 aromatic rings. The molecule has 6 heteroatoms. The smallest absolute Gasteiger partial charge is 0.337 e. The molecule has 0 saturated heterocycles. The summed E-state index contributed by atoms with van der Waals surface area (Å²) in [7, 11) is 2.89. The molecule has 6 nitrogen and oxygen atoms in total. The normalized spacial score (nSPS) is 11.6. The third-order valence-electron chi connectivity index (χ3n) is 2.47. The molecule has 1 aromatic carbocycles. The number of rotatable bonds is 7. The Balaban J connectivity index is 2.42. The van der Waals surface area contributed by atoms with Crippen LogP contribution in [-0.2, 0) is 14.3 Å². The second-order valence-electron chi connectivity index (χ2n) is 4.23. The van der Waals surface area contributed by atoms with E-state index in [1.54, 1.807) is 31.4 Å². The van der Waals surface area contributed by atoms with Crippen molar-refractivity contribution in [3.05, 3.63) is 29.8 Å². The van der Waals surface area contributed by atoms with Crippen molar-refractivity contribution in [1.29, 1.82) is 0 Å². The van der Waals surface area contributed by atoms with E-state index in [1.165, 1.54) is 7.11 Å². The number of nitrogens with one attached hydrogen (secondary N) is 1. The van der Waals surface area contributed by atoms with Crippen molar-refractivity contribution in [3.63, 3.8) is 0 Å². The van der Waals surface area contributed by atoms with Crippen molar-refractivity contribution < 1.29 is 23.8 Å². The van der Waals surface area contributed by atoms with Gasteiger partial charge in [0.25, 0.3) is 5.91 Å². The van der Waals surface area contributed by atoms with Crippen LogP contribution in [0, 0.1) is 0 Å². The fourth-order valence-electron chi connectivity index (χ4n) is 1.56. The lowest BCUT2D eigenvalue weighted by Crippen LogP contribution is -2.38. The number of ether oxygens (including phenoxy) is 3. The summed E-state index contributed by atoms with van der Waals surface area (Å²) in [6, 6.07) is 6.30. The highest BCUT2D eigenvalue weighted by Crippen LogP contribution is 2.12. The van der Waals surface area contributed by atoms with Crippen LogP contribution in [0.15, 0.2) is 24.3 Å². The van der Waals surface area contributed by atoms with Crippen molar-refractivity contribution >= 4 is 11.9 Å². The van der Waals surface area contributed by atoms with Gasteiger partial charge in [0.15, 0.2) is 6.61 Å². The van der Waals surface area contributed by atoms with Crippen LogP contribution in [0.2, 0.25) is 0 Å². The van der Waals surface area contributed by atoms with E-state index >= 15 is 0 Å². The molecule has 0 aliphatic rings. The number of hydrogen-bond donors (Lipinski definition) is 1. The van der Waals surface area contributed by atoms with Crippen LogP contribution in [0.25, 0.3) is 0 Å². The van der Waals surface area contributed by atoms with Gasteiger partial charge >= 0.3 is 5.97 Å². The van der Waals surface area contributed by atoms with E-state index in [1.807, 2.05) is 6.92 Å². The molecule has 0 saturated carbocycles. The molecule has 0 aliphatic heterocycles. The van der Waals surface area contributed by atoms with Gasteiger partial charge in [0, 0.05) is 13.2 Å². The topological polar surface area (TPSA) is 73.9 Å². The van der Waals surface area contributed by atoms with Gasteiger partial charge in [0.2, 0.25) is 0 Å². The number of methoxy groups -OCH3 is 2. The molecule has 0 heterocycles. The van der Waals surface area contributed by atoms with Gasteiger partial charge in [0.1, 0.15) is 5.75 Å². The summed E-state index contributed by atoms with van der Waals surface area (Å²) in [4.78, 5) is 22.8. The van der Waals surface area contributed by atoms with Crippen LogP contribution in [0.4, 0.5) is 0 Å². The Morgan fingerprint density at radius 3 is 2.40 bits per heavy atom. The van der Waals surface area contributed by atoms with Crippen molar-refractivity contribution in [3.8, 4) is 5.75 Å². The standard InChI is InChI=1S/C14H19NO5/c1-10(8-18-2)15-13(16)9-20-12-6-4-11(5-7-12)14(17)19-3/h4-7,10H,8-9H2,1-3H3,(H,15,16)/t10-/m0/s1. The van der Waals surface area contributed by atoms with E-state index in [9.17, 15) is 9.59 Å². The number of carbonyl (C=O) groups is 2. The van der Waals surface area contributed by atoms with Gasteiger partial charge in [-0.2, -0.15) is 0 Å². The lowest BCUT2D eigenvalue weighted by Gasteiger charge is -2.13. The molecule has 0 aliphatic carbocycles. The van der Waals surface area contributed by atoms with E-state index in [4.69, 9.17) is 9.47 Å². The Labute approximate surface area is 118 Å². The Morgan fingerprint density at radius 2 is 1.85 bits per heavy atom. The van der Waals surface area contributed by atoms with Crippen molar-refractivity contribution in [2.24, 2.45) is 0 Å². The van der Waals surface area contributed by atoms with E-state index in [0.717, 1.165) is 0 Å². The summed E-state index contributed by atoms with van der Waals surface area (Å²) in [5.74, 6) is -0.138. The van der Waals surface area contributed by atoms with Gasteiger partial charge in [-0.05, 0) is 31.2 Å². The fraction of sp³-hybridized carbons (Fsp3) is 0.429. The van der Waals surface area contributed by atoms with E-state index in [0.29, 0.717) is 17.9 Å². The zero-order valence-electron chi connectivity index (χ0n) is 11.8. The van der Waals surface area contributed by atoms with Crippen LogP contribution in [0.3, 0.4) is 0 Å². The molecule has 1 atom stereocenters. The summed E-state index contributed by atoms with van der Waals surface area (Å²) in [5, 5.41) is 2.73. The molecule has 0 radical (unpaired) electrons. The molecular weight excluding hydrogens is 262 g/mol. The van der Waals surface area contributed by atoms with Crippen LogP contribution < -0.4 is 10.1 Å². The van der Waals surface area contributed by atoms with Crippen LogP contribution in [-0.4, -0.2) is 45.4 Å². The summed E-state index contributed by atoms with van der Waals surface area (Å²) >= 11 is 0. The molecular formula is C14H19NO5. The second-order valence-corrected chi connectivity index (χ2v) is 4.23. The highest BCUT2D eigenvalue weighted by atomic mass is 16.5. The number of amides is 1. The number of carbonyl (C=O) groups excluding carboxylic acids is 2. The Morgan fingerprint density at radius 1 is 1.20 bits per heavy atom. The predicted octanol–water partition coefficient (Wildman–Crippen LogP) is 1.00. The van der Waals surface area contributed by atoms with E-state index in [2.05, 4.69) is 10.1 Å². The molecule has 110 valence electrons. The average Bonchev–Trinajstić information content (AvgIpc) is 2.45. The summed E-state index contributed by atoms with van der Waals surface area (Å²) in [5.41, 5.74) is 0.429. The molecule has 1 amide bonds. The molecule has 1 N–H and O–H groups in total. The molecule has 0 spiro atoms. The lowest BCUT2D eigenvalue weighted by molar-refractivity contribution is -0.124. The van der Waals surface area contributed by atoms with Gasteiger partial charge in [-0.1, -0.05) is 0 Å². The molecule has 20 heavy (non-hydrogen) atoms. The average molecular weight is 281 g/mol. The maximum Gasteiger partial charge on any atom is 0.337 e. The Kier molecular flexibility index (Phi) is 6.52. The highest BCUT2D eigenvalue weighted by Gasteiger charge is 2.08. The molecule has 1 rings (SSSR count). The molecule has 0 bridgehead atoms. The maximum atomic E-state index is 11.6. The lowest BCUT2D eigenvalue weighted by atomic mass is 10.2. The number of hydrogen-bond acceptors (Lipinski definition) is 5. The maximum absolute atomic E-state index is 11.6. The van der Waals surface area contributed by atoms with E-state index in [-0.39, 0.29) is 18.6 Å². The zero-order chi connectivity index (χ0) is 15.0. The molecule has 0 unspecified atom stereocenters. The number of benzene rings is 1. The summed E-state index contributed by atoms with van der Waals surface area (Å²) in [6.45, 7) is 2.19. The first kappa shape index (κ1) is 16.0. The zero-order valence-corrected chi connectivity index (χ0v) is 11.8. The minimum atomic E-state index is -0.414. The van der Waals surface area contributed by atoms with Gasteiger partial charge < -0.3 is 19.5 Å². The van der Waals surface area contributed by atoms with Gasteiger partial charge in [0.05, 0.1) is 19.3 Å². The van der Waals surface area contributed by atoms with E-state index < -0.39 is 5.97 Å². The summed E-state index contributed by atoms with van der Waals surface area (Å²) < 4.78 is 14.8. The van der Waals surface area contributed by atoms with Crippen LogP contribution >= 0.6 is 0 Å². The van der Waals surface area contributed by atoms with Gasteiger partial charge in [-0.15, -0.1) is 0 Å². The fourth-order valence-corrected chi connectivity index (χ4v) is 1.56. The minimum Gasteiger partial charge on any atom is -0.484 e. The van der Waals surface area contributed by atoms with Gasteiger partial charge in [-0.25, -0.2) is 4.79 Å². The minimum absolute atomic E-state index is 0.0715.